The molecule has 0 unspecified atom stereocenters. The van der Waals surface area contributed by atoms with Crippen molar-refractivity contribution in [1.29, 1.82) is 0 Å². The zero-order chi connectivity index (χ0) is 14.9. The fraction of sp³-hybridized carbons (Fsp3) is 0.684. The van der Waals surface area contributed by atoms with E-state index in [9.17, 15) is 0 Å². The van der Waals surface area contributed by atoms with Crippen molar-refractivity contribution < 1.29 is 5.11 Å². The van der Waals surface area contributed by atoms with Crippen molar-refractivity contribution in [2.75, 3.05) is 13.2 Å². The molecular formula is C19H31NO. The SMILES string of the molecule is NCCCCc1ccc(C2CCC(CCCO)CC2)cc1. The standard InChI is InChI=1S/C19H31NO/c20-14-2-1-4-16-6-10-18(11-7-16)19-12-8-17(9-13-19)5-3-15-21/h6-7,10-11,17,19,21H,1-5,8-9,12-15,20H2. The summed E-state index contributed by atoms with van der Waals surface area (Å²) >= 11 is 0. The Balaban J connectivity index is 1.78. The number of unbranched alkanes of at least 4 members (excludes halogenated alkanes) is 1. The number of hydrogen-bond donors (Lipinski definition) is 2. The van der Waals surface area contributed by atoms with Crippen LogP contribution in [0.3, 0.4) is 0 Å². The van der Waals surface area contributed by atoms with Crippen molar-refractivity contribution in [2.45, 2.75) is 63.7 Å². The Kier molecular flexibility index (Phi) is 7.25. The van der Waals surface area contributed by atoms with Gasteiger partial charge in [0.1, 0.15) is 0 Å². The molecule has 0 heterocycles. The Labute approximate surface area is 129 Å². The minimum Gasteiger partial charge on any atom is -0.396 e. The average Bonchev–Trinajstić information content (AvgIpc) is 2.54. The van der Waals surface area contributed by atoms with E-state index in [4.69, 9.17) is 10.8 Å². The summed E-state index contributed by atoms with van der Waals surface area (Å²) in [5.41, 5.74) is 8.52. The predicted octanol–water partition coefficient (Wildman–Crippen LogP) is 4.01. The molecule has 0 amide bonds. The second-order valence-electron chi connectivity index (χ2n) is 6.57. The molecule has 1 aliphatic rings. The molecule has 0 aromatic heterocycles. The summed E-state index contributed by atoms with van der Waals surface area (Å²) in [5, 5.41) is 8.92. The monoisotopic (exact) mass is 289 g/mol. The number of nitrogens with two attached hydrogens (primary N) is 1. The summed E-state index contributed by atoms with van der Waals surface area (Å²) < 4.78 is 0. The van der Waals surface area contributed by atoms with Crippen LogP contribution in [0, 0.1) is 5.92 Å². The van der Waals surface area contributed by atoms with Crippen molar-refractivity contribution in [3.63, 3.8) is 0 Å². The summed E-state index contributed by atoms with van der Waals surface area (Å²) in [5.74, 6) is 1.61. The molecule has 0 radical (unpaired) electrons. The third-order valence-corrected chi connectivity index (χ3v) is 4.99. The highest BCUT2D eigenvalue weighted by Crippen LogP contribution is 2.37. The number of rotatable bonds is 8. The zero-order valence-electron chi connectivity index (χ0n) is 13.3. The van der Waals surface area contributed by atoms with Crippen LogP contribution in [0.1, 0.15) is 68.4 Å². The zero-order valence-corrected chi connectivity index (χ0v) is 13.3. The summed E-state index contributed by atoms with van der Waals surface area (Å²) in [6.07, 6.45) is 11.0. The van der Waals surface area contributed by atoms with Gasteiger partial charge < -0.3 is 10.8 Å². The van der Waals surface area contributed by atoms with E-state index >= 15 is 0 Å². The molecule has 3 N–H and O–H groups in total. The second-order valence-corrected chi connectivity index (χ2v) is 6.57. The van der Waals surface area contributed by atoms with Gasteiger partial charge in [-0.15, -0.1) is 0 Å². The maximum absolute atomic E-state index is 8.92. The highest BCUT2D eigenvalue weighted by Gasteiger charge is 2.21. The van der Waals surface area contributed by atoms with E-state index in [1.807, 2.05) is 0 Å². The van der Waals surface area contributed by atoms with Gasteiger partial charge in [0.2, 0.25) is 0 Å². The molecule has 1 fully saturated rings. The molecule has 118 valence electrons. The first kappa shape index (κ1) is 16.5. The summed E-state index contributed by atoms with van der Waals surface area (Å²) in [7, 11) is 0. The number of aryl methyl sites for hydroxylation is 1. The lowest BCUT2D eigenvalue weighted by molar-refractivity contribution is 0.246. The van der Waals surface area contributed by atoms with Crippen molar-refractivity contribution in [3.8, 4) is 0 Å². The van der Waals surface area contributed by atoms with Crippen LogP contribution >= 0.6 is 0 Å². The first-order valence-corrected chi connectivity index (χ1v) is 8.73. The Morgan fingerprint density at radius 1 is 0.952 bits per heavy atom. The molecular weight excluding hydrogens is 258 g/mol. The number of benzene rings is 1. The van der Waals surface area contributed by atoms with Crippen LogP contribution in [0.5, 0.6) is 0 Å². The highest BCUT2D eigenvalue weighted by atomic mass is 16.2. The lowest BCUT2D eigenvalue weighted by Gasteiger charge is -2.28. The van der Waals surface area contributed by atoms with E-state index in [0.29, 0.717) is 6.61 Å². The number of hydrogen-bond acceptors (Lipinski definition) is 2. The molecule has 0 bridgehead atoms. The Morgan fingerprint density at radius 3 is 2.29 bits per heavy atom. The minimum atomic E-state index is 0.353. The van der Waals surface area contributed by atoms with Gasteiger partial charge >= 0.3 is 0 Å². The summed E-state index contributed by atoms with van der Waals surface area (Å²) in [6.45, 7) is 1.16. The van der Waals surface area contributed by atoms with Crippen LogP contribution in [0.25, 0.3) is 0 Å². The molecule has 2 nitrogen and oxygen atoms in total. The summed E-state index contributed by atoms with van der Waals surface area (Å²) in [6, 6.07) is 9.31. The van der Waals surface area contributed by atoms with Gasteiger partial charge in [0.15, 0.2) is 0 Å². The first-order valence-electron chi connectivity index (χ1n) is 8.73. The van der Waals surface area contributed by atoms with Gasteiger partial charge in [0.05, 0.1) is 0 Å². The van der Waals surface area contributed by atoms with E-state index in [2.05, 4.69) is 24.3 Å². The lowest BCUT2D eigenvalue weighted by Crippen LogP contribution is -2.13. The van der Waals surface area contributed by atoms with Gasteiger partial charge in [-0.3, -0.25) is 0 Å². The van der Waals surface area contributed by atoms with Gasteiger partial charge in [0, 0.05) is 6.61 Å². The lowest BCUT2D eigenvalue weighted by atomic mass is 9.77. The quantitative estimate of drug-likeness (QED) is 0.710. The molecule has 21 heavy (non-hydrogen) atoms. The van der Waals surface area contributed by atoms with Crippen LogP contribution in [-0.2, 0) is 6.42 Å². The third kappa shape index (κ3) is 5.44. The van der Waals surface area contributed by atoms with E-state index in [-0.39, 0.29) is 0 Å². The molecule has 2 rings (SSSR count). The molecule has 0 atom stereocenters. The van der Waals surface area contributed by atoms with E-state index in [1.165, 1.54) is 49.7 Å². The van der Waals surface area contributed by atoms with Crippen LogP contribution in [0.15, 0.2) is 24.3 Å². The molecule has 1 aromatic carbocycles. The first-order chi connectivity index (χ1) is 10.3. The maximum atomic E-state index is 8.92. The highest BCUT2D eigenvalue weighted by molar-refractivity contribution is 5.25. The molecule has 0 spiro atoms. The third-order valence-electron chi connectivity index (χ3n) is 4.99. The van der Waals surface area contributed by atoms with Crippen molar-refractivity contribution in [2.24, 2.45) is 11.7 Å². The molecule has 1 aliphatic carbocycles. The smallest absolute Gasteiger partial charge is 0.0431 e. The Hall–Kier alpha value is -0.860. The van der Waals surface area contributed by atoms with Crippen LogP contribution in [0.4, 0.5) is 0 Å². The maximum Gasteiger partial charge on any atom is 0.0431 e. The molecule has 0 aliphatic heterocycles. The van der Waals surface area contributed by atoms with Gasteiger partial charge in [-0.05, 0) is 87.3 Å². The Bertz CT molecular complexity index is 379. The van der Waals surface area contributed by atoms with Gasteiger partial charge in [-0.25, -0.2) is 0 Å². The Morgan fingerprint density at radius 2 is 1.67 bits per heavy atom. The molecule has 2 heteroatoms. The topological polar surface area (TPSA) is 46.2 Å². The molecule has 0 saturated heterocycles. The molecule has 1 saturated carbocycles. The second kappa shape index (κ2) is 9.22. The average molecular weight is 289 g/mol. The number of aliphatic hydroxyl groups excluding tert-OH is 1. The number of aliphatic hydroxyl groups is 1. The van der Waals surface area contributed by atoms with Gasteiger partial charge in [-0.1, -0.05) is 24.3 Å². The van der Waals surface area contributed by atoms with Gasteiger partial charge in [-0.2, -0.15) is 0 Å². The summed E-state index contributed by atoms with van der Waals surface area (Å²) in [4.78, 5) is 0. The van der Waals surface area contributed by atoms with E-state index in [1.54, 1.807) is 0 Å². The van der Waals surface area contributed by atoms with Gasteiger partial charge in [0.25, 0.3) is 0 Å². The fourth-order valence-electron chi connectivity index (χ4n) is 3.59. The van der Waals surface area contributed by atoms with Crippen LogP contribution in [0.2, 0.25) is 0 Å². The van der Waals surface area contributed by atoms with Crippen LogP contribution in [-0.4, -0.2) is 18.3 Å². The van der Waals surface area contributed by atoms with E-state index < -0.39 is 0 Å². The van der Waals surface area contributed by atoms with Crippen molar-refractivity contribution in [3.05, 3.63) is 35.4 Å². The molecule has 1 aromatic rings. The van der Waals surface area contributed by atoms with Crippen LogP contribution < -0.4 is 5.73 Å². The van der Waals surface area contributed by atoms with Crippen molar-refractivity contribution >= 4 is 0 Å². The fourth-order valence-corrected chi connectivity index (χ4v) is 3.59. The minimum absolute atomic E-state index is 0.353. The van der Waals surface area contributed by atoms with Crippen molar-refractivity contribution in [1.82, 2.24) is 0 Å². The predicted molar refractivity (Wildman–Crippen MR) is 89.5 cm³/mol. The largest absolute Gasteiger partial charge is 0.396 e. The normalized spacial score (nSPS) is 22.4. The van der Waals surface area contributed by atoms with E-state index in [0.717, 1.165) is 37.6 Å².